The van der Waals surface area contributed by atoms with E-state index in [0.29, 0.717) is 5.56 Å². The summed E-state index contributed by atoms with van der Waals surface area (Å²) in [5.41, 5.74) is 0.945. The van der Waals surface area contributed by atoms with E-state index in [9.17, 15) is 19.5 Å². The zero-order chi connectivity index (χ0) is 18.0. The van der Waals surface area contributed by atoms with Crippen LogP contribution in [-0.4, -0.2) is 33.0 Å². The van der Waals surface area contributed by atoms with Crippen LogP contribution in [-0.2, 0) is 11.3 Å². The predicted octanol–water partition coefficient (Wildman–Crippen LogP) is 2.18. The number of imide groups is 1. The minimum Gasteiger partial charge on any atom is -0.507 e. The number of rotatable bonds is 4. The van der Waals surface area contributed by atoms with Gasteiger partial charge in [0.1, 0.15) is 17.0 Å². The number of hydrogen-bond acceptors (Lipinski definition) is 4. The van der Waals surface area contributed by atoms with Gasteiger partial charge in [-0.1, -0.05) is 36.4 Å². The van der Waals surface area contributed by atoms with E-state index in [2.05, 4.69) is 5.32 Å². The molecule has 7 nitrogen and oxygen atoms in total. The van der Waals surface area contributed by atoms with Gasteiger partial charge in [0.15, 0.2) is 0 Å². The first-order chi connectivity index (χ1) is 12.0. The van der Waals surface area contributed by atoms with Crippen molar-refractivity contribution in [2.45, 2.75) is 6.54 Å². The summed E-state index contributed by atoms with van der Waals surface area (Å²) in [6.07, 6.45) is 1.37. The Morgan fingerprint density at radius 3 is 2.52 bits per heavy atom. The second kappa shape index (κ2) is 6.48. The number of aromatic hydroxyl groups is 1. The zero-order valence-corrected chi connectivity index (χ0v) is 13.0. The van der Waals surface area contributed by atoms with Crippen molar-refractivity contribution in [3.63, 3.8) is 0 Å². The highest BCUT2D eigenvalue weighted by Gasteiger charge is 2.33. The van der Waals surface area contributed by atoms with Crippen molar-refractivity contribution in [3.05, 3.63) is 70.9 Å². The quantitative estimate of drug-likeness (QED) is 0.585. The maximum atomic E-state index is 12.4. The van der Waals surface area contributed by atoms with Crippen molar-refractivity contribution >= 4 is 24.0 Å². The lowest BCUT2D eigenvalue weighted by atomic mass is 10.1. The molecule has 0 atom stereocenters. The number of aromatic carboxylic acids is 1. The maximum absolute atomic E-state index is 12.4. The molecule has 3 rings (SSSR count). The molecule has 0 aliphatic carbocycles. The summed E-state index contributed by atoms with van der Waals surface area (Å²) in [5.74, 6) is -2.16. The Bertz CT molecular complexity index is 890. The van der Waals surface area contributed by atoms with Gasteiger partial charge in [-0.25, -0.2) is 9.59 Å². The topological polar surface area (TPSA) is 107 Å². The highest BCUT2D eigenvalue weighted by Crippen LogP contribution is 2.22. The number of hydrogen-bond donors (Lipinski definition) is 3. The minimum atomic E-state index is -1.29. The fraction of sp³-hybridized carbons (Fsp3) is 0.0556. The lowest BCUT2D eigenvalue weighted by Gasteiger charge is -2.11. The van der Waals surface area contributed by atoms with E-state index >= 15 is 0 Å². The number of carbonyl (C=O) groups is 3. The lowest BCUT2D eigenvalue weighted by Crippen LogP contribution is -2.30. The molecule has 2 aromatic rings. The maximum Gasteiger partial charge on any atom is 0.339 e. The Balaban J connectivity index is 1.85. The fourth-order valence-electron chi connectivity index (χ4n) is 2.46. The van der Waals surface area contributed by atoms with Gasteiger partial charge in [0.25, 0.3) is 5.91 Å². The summed E-state index contributed by atoms with van der Waals surface area (Å²) in [5, 5.41) is 21.0. The van der Waals surface area contributed by atoms with Crippen LogP contribution in [0.25, 0.3) is 6.08 Å². The average Bonchev–Trinajstić information content (AvgIpc) is 2.85. The third-order valence-corrected chi connectivity index (χ3v) is 3.71. The molecule has 1 fully saturated rings. The molecule has 126 valence electrons. The molecule has 25 heavy (non-hydrogen) atoms. The Morgan fingerprint density at radius 1 is 1.12 bits per heavy atom. The van der Waals surface area contributed by atoms with Crippen molar-refractivity contribution in [1.82, 2.24) is 10.2 Å². The standard InChI is InChI=1S/C18H14N2O5/c21-15-7-6-12(8-13(15)17(23)24)9-14-16(22)20(18(25)19-14)10-11-4-2-1-3-5-11/h1-9,21H,10H2,(H,19,25)(H,23,24). The number of amides is 3. The van der Waals surface area contributed by atoms with Crippen LogP contribution in [0.1, 0.15) is 21.5 Å². The van der Waals surface area contributed by atoms with Crippen LogP contribution >= 0.6 is 0 Å². The monoisotopic (exact) mass is 338 g/mol. The van der Waals surface area contributed by atoms with E-state index < -0.39 is 17.9 Å². The lowest BCUT2D eigenvalue weighted by molar-refractivity contribution is -0.123. The predicted molar refractivity (Wildman–Crippen MR) is 88.6 cm³/mol. The molecule has 0 bridgehead atoms. The molecule has 2 aromatic carbocycles. The number of carbonyl (C=O) groups excluding carboxylic acids is 2. The molecule has 1 saturated heterocycles. The van der Waals surface area contributed by atoms with E-state index in [1.54, 1.807) is 12.1 Å². The molecule has 3 amide bonds. The fourth-order valence-corrected chi connectivity index (χ4v) is 2.46. The van der Waals surface area contributed by atoms with Crippen molar-refractivity contribution in [3.8, 4) is 5.75 Å². The molecule has 0 unspecified atom stereocenters. The first-order valence-electron chi connectivity index (χ1n) is 7.40. The van der Waals surface area contributed by atoms with Gasteiger partial charge < -0.3 is 15.5 Å². The van der Waals surface area contributed by atoms with Crippen LogP contribution in [0.2, 0.25) is 0 Å². The molecular formula is C18H14N2O5. The second-order valence-electron chi connectivity index (χ2n) is 5.45. The van der Waals surface area contributed by atoms with Crippen LogP contribution in [0, 0.1) is 0 Å². The van der Waals surface area contributed by atoms with Crippen molar-refractivity contribution in [2.75, 3.05) is 0 Å². The number of urea groups is 1. The Labute approximate surface area is 142 Å². The summed E-state index contributed by atoms with van der Waals surface area (Å²) < 4.78 is 0. The van der Waals surface area contributed by atoms with Gasteiger partial charge >= 0.3 is 12.0 Å². The molecule has 1 aliphatic heterocycles. The number of benzene rings is 2. The van der Waals surface area contributed by atoms with Gasteiger partial charge in [-0.3, -0.25) is 9.69 Å². The summed E-state index contributed by atoms with van der Waals surface area (Å²) in [7, 11) is 0. The first kappa shape index (κ1) is 16.3. The van der Waals surface area contributed by atoms with Crippen LogP contribution in [0.3, 0.4) is 0 Å². The largest absolute Gasteiger partial charge is 0.507 e. The SMILES string of the molecule is O=C(O)c1cc(C=C2NC(=O)N(Cc3ccccc3)C2=O)ccc1O. The Morgan fingerprint density at radius 2 is 1.84 bits per heavy atom. The van der Waals surface area contributed by atoms with E-state index in [0.717, 1.165) is 10.5 Å². The average molecular weight is 338 g/mol. The van der Waals surface area contributed by atoms with Crippen LogP contribution in [0.5, 0.6) is 5.75 Å². The minimum absolute atomic E-state index is 0.0444. The zero-order valence-electron chi connectivity index (χ0n) is 13.0. The molecule has 3 N–H and O–H groups in total. The van der Waals surface area contributed by atoms with Gasteiger partial charge in [0.2, 0.25) is 0 Å². The normalized spacial score (nSPS) is 15.5. The summed E-state index contributed by atoms with van der Waals surface area (Å²) in [6.45, 7) is 0.138. The van der Waals surface area contributed by atoms with Crippen molar-refractivity contribution in [1.29, 1.82) is 0 Å². The van der Waals surface area contributed by atoms with E-state index in [1.165, 1.54) is 24.3 Å². The van der Waals surface area contributed by atoms with Gasteiger partial charge in [-0.2, -0.15) is 0 Å². The van der Waals surface area contributed by atoms with Crippen LogP contribution < -0.4 is 5.32 Å². The summed E-state index contributed by atoms with van der Waals surface area (Å²) in [4.78, 5) is 36.6. The van der Waals surface area contributed by atoms with Crippen molar-refractivity contribution in [2.24, 2.45) is 0 Å². The molecule has 1 heterocycles. The van der Waals surface area contributed by atoms with E-state index in [-0.39, 0.29) is 23.6 Å². The molecule has 0 aromatic heterocycles. The van der Waals surface area contributed by atoms with Gasteiger partial charge in [-0.05, 0) is 29.3 Å². The van der Waals surface area contributed by atoms with Crippen LogP contribution in [0.15, 0.2) is 54.2 Å². The molecule has 7 heteroatoms. The highest BCUT2D eigenvalue weighted by atomic mass is 16.4. The second-order valence-corrected chi connectivity index (χ2v) is 5.45. The molecule has 0 spiro atoms. The summed E-state index contributed by atoms with van der Waals surface area (Å²) in [6, 6.07) is 12.4. The smallest absolute Gasteiger partial charge is 0.339 e. The number of phenols is 1. The number of nitrogens with zero attached hydrogens (tertiary/aromatic N) is 1. The van der Waals surface area contributed by atoms with Crippen molar-refractivity contribution < 1.29 is 24.6 Å². The van der Waals surface area contributed by atoms with Gasteiger partial charge in [-0.15, -0.1) is 0 Å². The Hall–Kier alpha value is -3.61. The van der Waals surface area contributed by atoms with E-state index in [4.69, 9.17) is 5.11 Å². The summed E-state index contributed by atoms with van der Waals surface area (Å²) >= 11 is 0. The number of carboxylic acid groups (broad SMARTS) is 1. The van der Waals surface area contributed by atoms with E-state index in [1.807, 2.05) is 18.2 Å². The van der Waals surface area contributed by atoms with Gasteiger partial charge in [0, 0.05) is 0 Å². The molecule has 0 radical (unpaired) electrons. The third-order valence-electron chi connectivity index (χ3n) is 3.71. The molecule has 0 saturated carbocycles. The molecule has 1 aliphatic rings. The highest BCUT2D eigenvalue weighted by molar-refractivity contribution is 6.14. The number of carboxylic acids is 1. The van der Waals surface area contributed by atoms with Gasteiger partial charge in [0.05, 0.1) is 6.54 Å². The Kier molecular flexibility index (Phi) is 4.21. The van der Waals surface area contributed by atoms with Crippen LogP contribution in [0.4, 0.5) is 4.79 Å². The molecular weight excluding hydrogens is 324 g/mol. The number of nitrogens with one attached hydrogen (secondary N) is 1. The first-order valence-corrected chi connectivity index (χ1v) is 7.40. The third kappa shape index (κ3) is 3.35.